The van der Waals surface area contributed by atoms with Crippen LogP contribution in [0.3, 0.4) is 0 Å². The zero-order valence-electron chi connectivity index (χ0n) is 13.3. The van der Waals surface area contributed by atoms with Crippen LogP contribution in [0.15, 0.2) is 53.6 Å². The van der Waals surface area contributed by atoms with Crippen LogP contribution in [0.4, 0.5) is 5.95 Å². The SMILES string of the molecule is CC(C)COc1ccc(/C=N\Nc2nc3ccccc3[nH]2)cc1. The molecule has 2 N–H and O–H groups in total. The van der Waals surface area contributed by atoms with Crippen molar-refractivity contribution in [2.45, 2.75) is 13.8 Å². The Morgan fingerprint density at radius 2 is 1.96 bits per heavy atom. The molecule has 2 aromatic carbocycles. The number of rotatable bonds is 6. The van der Waals surface area contributed by atoms with Crippen LogP contribution in [0.2, 0.25) is 0 Å². The third-order valence-corrected chi connectivity index (χ3v) is 3.24. The quantitative estimate of drug-likeness (QED) is 0.533. The molecular weight excluding hydrogens is 288 g/mol. The Kier molecular flexibility index (Phi) is 4.57. The summed E-state index contributed by atoms with van der Waals surface area (Å²) in [5.74, 6) is 2.02. The van der Waals surface area contributed by atoms with Gasteiger partial charge in [0.1, 0.15) is 5.75 Å². The molecule has 5 heteroatoms. The van der Waals surface area contributed by atoms with Gasteiger partial charge in [0.05, 0.1) is 23.9 Å². The summed E-state index contributed by atoms with van der Waals surface area (Å²) < 4.78 is 5.65. The van der Waals surface area contributed by atoms with Crippen molar-refractivity contribution in [3.8, 4) is 5.75 Å². The summed E-state index contributed by atoms with van der Waals surface area (Å²) in [5.41, 5.74) is 5.80. The summed E-state index contributed by atoms with van der Waals surface area (Å²) in [6.45, 7) is 4.98. The summed E-state index contributed by atoms with van der Waals surface area (Å²) in [6.07, 6.45) is 1.75. The van der Waals surface area contributed by atoms with Crippen molar-refractivity contribution < 1.29 is 4.74 Å². The molecule has 23 heavy (non-hydrogen) atoms. The first kappa shape index (κ1) is 15.1. The van der Waals surface area contributed by atoms with Crippen LogP contribution in [-0.2, 0) is 0 Å². The number of para-hydroxylation sites is 2. The second-order valence-corrected chi connectivity index (χ2v) is 5.75. The van der Waals surface area contributed by atoms with Crippen LogP contribution in [0.25, 0.3) is 11.0 Å². The van der Waals surface area contributed by atoms with Crippen molar-refractivity contribution in [1.82, 2.24) is 9.97 Å². The number of hydrogen-bond donors (Lipinski definition) is 2. The van der Waals surface area contributed by atoms with Crippen LogP contribution in [0, 0.1) is 5.92 Å². The molecule has 0 atom stereocenters. The summed E-state index contributed by atoms with van der Waals surface area (Å²) in [4.78, 5) is 7.56. The first-order valence-electron chi connectivity index (χ1n) is 7.67. The minimum atomic E-state index is 0.518. The molecule has 1 heterocycles. The molecule has 0 amide bonds. The Labute approximate surface area is 135 Å². The molecule has 0 aliphatic heterocycles. The summed E-state index contributed by atoms with van der Waals surface area (Å²) in [7, 11) is 0. The predicted octanol–water partition coefficient (Wildman–Crippen LogP) is 4.04. The van der Waals surface area contributed by atoms with E-state index in [9.17, 15) is 0 Å². The van der Waals surface area contributed by atoms with E-state index in [4.69, 9.17) is 4.74 Å². The second-order valence-electron chi connectivity index (χ2n) is 5.75. The normalized spacial score (nSPS) is 11.4. The molecule has 1 aromatic heterocycles. The van der Waals surface area contributed by atoms with E-state index in [1.165, 1.54) is 0 Å². The number of ether oxygens (including phenoxy) is 1. The number of anilines is 1. The van der Waals surface area contributed by atoms with Crippen molar-refractivity contribution >= 4 is 23.2 Å². The second kappa shape index (κ2) is 6.96. The van der Waals surface area contributed by atoms with Crippen molar-refractivity contribution in [2.24, 2.45) is 11.0 Å². The predicted molar refractivity (Wildman–Crippen MR) is 94.1 cm³/mol. The van der Waals surface area contributed by atoms with E-state index >= 15 is 0 Å². The average Bonchev–Trinajstić information content (AvgIpc) is 2.97. The molecule has 0 saturated carbocycles. The molecule has 3 aromatic rings. The van der Waals surface area contributed by atoms with Gasteiger partial charge in [-0.1, -0.05) is 26.0 Å². The van der Waals surface area contributed by atoms with E-state index < -0.39 is 0 Å². The third kappa shape index (κ3) is 4.10. The van der Waals surface area contributed by atoms with E-state index in [0.29, 0.717) is 11.9 Å². The van der Waals surface area contributed by atoms with Crippen molar-refractivity contribution in [1.29, 1.82) is 0 Å². The number of fused-ring (bicyclic) bond motifs is 1. The molecular formula is C18H20N4O. The van der Waals surface area contributed by atoms with E-state index in [2.05, 4.69) is 34.3 Å². The summed E-state index contributed by atoms with van der Waals surface area (Å²) in [5, 5.41) is 4.20. The van der Waals surface area contributed by atoms with Gasteiger partial charge >= 0.3 is 0 Å². The minimum absolute atomic E-state index is 0.518. The van der Waals surface area contributed by atoms with Gasteiger partial charge in [0.2, 0.25) is 5.95 Å². The Hall–Kier alpha value is -2.82. The van der Waals surface area contributed by atoms with E-state index in [1.54, 1.807) is 6.21 Å². The molecule has 0 unspecified atom stereocenters. The number of nitrogens with zero attached hydrogens (tertiary/aromatic N) is 2. The molecule has 0 radical (unpaired) electrons. The average molecular weight is 308 g/mol. The van der Waals surface area contributed by atoms with Crippen LogP contribution < -0.4 is 10.2 Å². The largest absolute Gasteiger partial charge is 0.493 e. The van der Waals surface area contributed by atoms with Gasteiger partial charge in [-0.25, -0.2) is 10.4 Å². The molecule has 118 valence electrons. The number of hydrazone groups is 1. The standard InChI is InChI=1S/C18H20N4O/c1-13(2)12-23-15-9-7-14(8-10-15)11-19-22-18-20-16-5-3-4-6-17(16)21-18/h3-11,13H,12H2,1-2H3,(H2,20,21,22)/b19-11-. The highest BCUT2D eigenvalue weighted by atomic mass is 16.5. The highest BCUT2D eigenvalue weighted by Crippen LogP contribution is 2.14. The first-order valence-corrected chi connectivity index (χ1v) is 7.67. The van der Waals surface area contributed by atoms with Gasteiger partial charge in [0.15, 0.2) is 0 Å². The first-order chi connectivity index (χ1) is 11.2. The Morgan fingerprint density at radius 1 is 1.17 bits per heavy atom. The Morgan fingerprint density at radius 3 is 2.70 bits per heavy atom. The lowest BCUT2D eigenvalue weighted by atomic mass is 10.2. The van der Waals surface area contributed by atoms with Crippen molar-refractivity contribution in [3.63, 3.8) is 0 Å². The molecule has 0 spiro atoms. The number of benzene rings is 2. The zero-order chi connectivity index (χ0) is 16.1. The third-order valence-electron chi connectivity index (χ3n) is 3.24. The van der Waals surface area contributed by atoms with Gasteiger partial charge in [-0.15, -0.1) is 0 Å². The number of hydrogen-bond acceptors (Lipinski definition) is 4. The maximum atomic E-state index is 5.65. The van der Waals surface area contributed by atoms with E-state index in [1.807, 2.05) is 48.5 Å². The molecule has 3 rings (SSSR count). The number of aromatic nitrogens is 2. The molecule has 0 fully saturated rings. The highest BCUT2D eigenvalue weighted by Gasteiger charge is 2.00. The van der Waals surface area contributed by atoms with E-state index in [-0.39, 0.29) is 0 Å². The summed E-state index contributed by atoms with van der Waals surface area (Å²) in [6, 6.07) is 15.7. The van der Waals surface area contributed by atoms with E-state index in [0.717, 1.165) is 29.0 Å². The van der Waals surface area contributed by atoms with Crippen LogP contribution >= 0.6 is 0 Å². The summed E-state index contributed by atoms with van der Waals surface area (Å²) >= 11 is 0. The van der Waals surface area contributed by atoms with Gasteiger partial charge in [0, 0.05) is 0 Å². The van der Waals surface area contributed by atoms with Gasteiger partial charge in [0.25, 0.3) is 0 Å². The minimum Gasteiger partial charge on any atom is -0.493 e. The Bertz CT molecular complexity index is 757. The number of H-pyrrole nitrogens is 1. The zero-order valence-corrected chi connectivity index (χ0v) is 13.3. The smallest absolute Gasteiger partial charge is 0.222 e. The lowest BCUT2D eigenvalue weighted by Gasteiger charge is -2.08. The van der Waals surface area contributed by atoms with Gasteiger partial charge < -0.3 is 9.72 Å². The van der Waals surface area contributed by atoms with Gasteiger partial charge in [-0.2, -0.15) is 5.10 Å². The number of aromatic amines is 1. The lowest BCUT2D eigenvalue weighted by molar-refractivity contribution is 0.271. The fourth-order valence-corrected chi connectivity index (χ4v) is 2.09. The molecule has 0 aliphatic carbocycles. The molecule has 5 nitrogen and oxygen atoms in total. The number of imidazole rings is 1. The van der Waals surface area contributed by atoms with Gasteiger partial charge in [-0.3, -0.25) is 0 Å². The fourth-order valence-electron chi connectivity index (χ4n) is 2.09. The number of nitrogens with one attached hydrogen (secondary N) is 2. The molecule has 0 saturated heterocycles. The highest BCUT2D eigenvalue weighted by molar-refractivity contribution is 5.81. The van der Waals surface area contributed by atoms with Crippen LogP contribution in [0.1, 0.15) is 19.4 Å². The fraction of sp³-hybridized carbons (Fsp3) is 0.222. The molecule has 0 aliphatic rings. The topological polar surface area (TPSA) is 62.3 Å². The lowest BCUT2D eigenvalue weighted by Crippen LogP contribution is -2.04. The maximum Gasteiger partial charge on any atom is 0.222 e. The van der Waals surface area contributed by atoms with Crippen molar-refractivity contribution in [2.75, 3.05) is 12.0 Å². The molecule has 0 bridgehead atoms. The maximum absolute atomic E-state index is 5.65. The van der Waals surface area contributed by atoms with Gasteiger partial charge in [-0.05, 0) is 47.9 Å². The van der Waals surface area contributed by atoms with Crippen molar-refractivity contribution in [3.05, 3.63) is 54.1 Å². The van der Waals surface area contributed by atoms with Crippen LogP contribution in [0.5, 0.6) is 5.75 Å². The Balaban J connectivity index is 1.59. The van der Waals surface area contributed by atoms with Crippen LogP contribution in [-0.4, -0.2) is 22.8 Å². The monoisotopic (exact) mass is 308 g/mol.